The van der Waals surface area contributed by atoms with E-state index in [1.54, 1.807) is 12.3 Å². The van der Waals surface area contributed by atoms with Gasteiger partial charge in [0.15, 0.2) is 22.4 Å². The maximum atomic E-state index is 13.1. The van der Waals surface area contributed by atoms with E-state index in [2.05, 4.69) is 20.5 Å². The monoisotopic (exact) mass is 280 g/mol. The summed E-state index contributed by atoms with van der Waals surface area (Å²) < 4.78 is 25.9. The van der Waals surface area contributed by atoms with Crippen molar-refractivity contribution in [2.45, 2.75) is 0 Å². The van der Waals surface area contributed by atoms with Crippen LogP contribution in [0.5, 0.6) is 0 Å². The van der Waals surface area contributed by atoms with Crippen molar-refractivity contribution in [1.82, 2.24) is 15.2 Å². The first-order valence-corrected chi connectivity index (χ1v) is 5.73. The predicted molar refractivity (Wildman–Crippen MR) is 68.5 cm³/mol. The summed E-state index contributed by atoms with van der Waals surface area (Å²) in [4.78, 5) is 4.09. The van der Waals surface area contributed by atoms with Crippen LogP contribution in [0.25, 0.3) is 11.0 Å². The number of pyridine rings is 1. The summed E-state index contributed by atoms with van der Waals surface area (Å²) in [6.45, 7) is 0. The van der Waals surface area contributed by atoms with Gasteiger partial charge >= 0.3 is 0 Å². The number of aromatic amines is 1. The molecule has 0 fully saturated rings. The van der Waals surface area contributed by atoms with Crippen LogP contribution in [0.15, 0.2) is 30.5 Å². The number of rotatable bonds is 2. The largest absolute Gasteiger partial charge is 0.353 e. The molecule has 2 N–H and O–H groups in total. The van der Waals surface area contributed by atoms with Crippen LogP contribution in [0.4, 0.5) is 20.2 Å². The standard InChI is InChI=1S/C12H7ClF2N4/c13-11-10(3-6-5-16-19-12(6)18-11)17-7-1-2-8(14)9(15)4-7/h1-5,17H,(H,16,18,19). The van der Waals surface area contributed by atoms with Crippen molar-refractivity contribution in [2.75, 3.05) is 5.32 Å². The zero-order valence-electron chi connectivity index (χ0n) is 9.42. The highest BCUT2D eigenvalue weighted by atomic mass is 35.5. The quantitative estimate of drug-likeness (QED) is 0.705. The minimum Gasteiger partial charge on any atom is -0.353 e. The van der Waals surface area contributed by atoms with Gasteiger partial charge in [-0.2, -0.15) is 5.10 Å². The zero-order chi connectivity index (χ0) is 13.4. The number of hydrogen-bond acceptors (Lipinski definition) is 3. The van der Waals surface area contributed by atoms with E-state index in [0.29, 0.717) is 17.0 Å². The second kappa shape index (κ2) is 4.47. The Balaban J connectivity index is 1.99. The summed E-state index contributed by atoms with van der Waals surface area (Å²) in [6, 6.07) is 5.21. The van der Waals surface area contributed by atoms with Crippen LogP contribution >= 0.6 is 11.6 Å². The van der Waals surface area contributed by atoms with Crippen molar-refractivity contribution in [3.05, 3.63) is 47.2 Å². The maximum Gasteiger partial charge on any atom is 0.160 e. The van der Waals surface area contributed by atoms with Gasteiger partial charge in [-0.25, -0.2) is 13.8 Å². The molecule has 0 atom stereocenters. The molecule has 0 spiro atoms. The topological polar surface area (TPSA) is 53.6 Å². The lowest BCUT2D eigenvalue weighted by molar-refractivity contribution is 0.509. The van der Waals surface area contributed by atoms with Crippen LogP contribution in [-0.2, 0) is 0 Å². The van der Waals surface area contributed by atoms with Gasteiger partial charge in [0.2, 0.25) is 0 Å². The normalized spacial score (nSPS) is 10.9. The predicted octanol–water partition coefficient (Wildman–Crippen LogP) is 3.63. The molecule has 2 heterocycles. The Morgan fingerprint density at radius 2 is 2.00 bits per heavy atom. The highest BCUT2D eigenvalue weighted by Crippen LogP contribution is 2.27. The second-order valence-corrected chi connectivity index (χ2v) is 4.25. The van der Waals surface area contributed by atoms with Crippen molar-refractivity contribution in [3.8, 4) is 0 Å². The van der Waals surface area contributed by atoms with Crippen LogP contribution in [-0.4, -0.2) is 15.2 Å². The van der Waals surface area contributed by atoms with E-state index >= 15 is 0 Å². The molecule has 1 aromatic carbocycles. The van der Waals surface area contributed by atoms with Gasteiger partial charge in [0, 0.05) is 17.1 Å². The molecule has 4 nitrogen and oxygen atoms in total. The third-order valence-corrected chi connectivity index (χ3v) is 2.87. The number of H-pyrrole nitrogens is 1. The number of halogens is 3. The third kappa shape index (κ3) is 2.22. The SMILES string of the molecule is Fc1ccc(Nc2cc3cn[nH]c3nc2Cl)cc1F. The molecule has 0 unspecified atom stereocenters. The Kier molecular flexibility index (Phi) is 2.79. The molecule has 0 saturated carbocycles. The first-order chi connectivity index (χ1) is 9.13. The molecule has 0 saturated heterocycles. The minimum atomic E-state index is -0.932. The molecule has 3 rings (SSSR count). The number of benzene rings is 1. The first-order valence-electron chi connectivity index (χ1n) is 5.35. The molecule has 0 aliphatic heterocycles. The van der Waals surface area contributed by atoms with Crippen LogP contribution in [0.2, 0.25) is 5.15 Å². The van der Waals surface area contributed by atoms with Crippen molar-refractivity contribution in [2.24, 2.45) is 0 Å². The first kappa shape index (κ1) is 11.9. The number of nitrogens with zero attached hydrogens (tertiary/aromatic N) is 2. The van der Waals surface area contributed by atoms with Crippen molar-refractivity contribution < 1.29 is 8.78 Å². The Labute approximate surface area is 111 Å². The average Bonchev–Trinajstić information content (AvgIpc) is 2.81. The van der Waals surface area contributed by atoms with Gasteiger partial charge in [-0.3, -0.25) is 5.10 Å². The third-order valence-electron chi connectivity index (χ3n) is 2.58. The van der Waals surface area contributed by atoms with E-state index in [1.165, 1.54) is 6.07 Å². The molecule has 7 heteroatoms. The highest BCUT2D eigenvalue weighted by molar-refractivity contribution is 6.32. The van der Waals surface area contributed by atoms with E-state index in [-0.39, 0.29) is 5.15 Å². The van der Waals surface area contributed by atoms with Crippen molar-refractivity contribution in [1.29, 1.82) is 0 Å². The van der Waals surface area contributed by atoms with Gasteiger partial charge < -0.3 is 5.32 Å². The van der Waals surface area contributed by atoms with E-state index in [4.69, 9.17) is 11.6 Å². The Bertz CT molecular complexity index is 757. The lowest BCUT2D eigenvalue weighted by Crippen LogP contribution is -1.95. The lowest BCUT2D eigenvalue weighted by atomic mass is 10.2. The van der Waals surface area contributed by atoms with Gasteiger partial charge in [0.1, 0.15) is 0 Å². The number of hydrogen-bond donors (Lipinski definition) is 2. The van der Waals surface area contributed by atoms with E-state index in [9.17, 15) is 8.78 Å². The minimum absolute atomic E-state index is 0.210. The fraction of sp³-hybridized carbons (Fsp3) is 0. The van der Waals surface area contributed by atoms with E-state index in [0.717, 1.165) is 17.5 Å². The molecule has 0 radical (unpaired) electrons. The second-order valence-electron chi connectivity index (χ2n) is 3.89. The molecular weight excluding hydrogens is 274 g/mol. The fourth-order valence-electron chi connectivity index (χ4n) is 1.67. The number of aromatic nitrogens is 3. The van der Waals surface area contributed by atoms with E-state index in [1.807, 2.05) is 0 Å². The molecule has 19 heavy (non-hydrogen) atoms. The Hall–Kier alpha value is -2.21. The lowest BCUT2D eigenvalue weighted by Gasteiger charge is -2.08. The molecular formula is C12H7ClF2N4. The molecule has 0 amide bonds. The number of nitrogens with one attached hydrogen (secondary N) is 2. The maximum absolute atomic E-state index is 13.1. The van der Waals surface area contributed by atoms with Crippen molar-refractivity contribution in [3.63, 3.8) is 0 Å². The molecule has 0 aliphatic rings. The van der Waals surface area contributed by atoms with E-state index < -0.39 is 11.6 Å². The summed E-state index contributed by atoms with van der Waals surface area (Å²) in [6.07, 6.45) is 1.59. The van der Waals surface area contributed by atoms with Crippen molar-refractivity contribution >= 4 is 34.0 Å². The summed E-state index contributed by atoms with van der Waals surface area (Å²) in [7, 11) is 0. The summed E-state index contributed by atoms with van der Waals surface area (Å²) >= 11 is 5.99. The summed E-state index contributed by atoms with van der Waals surface area (Å²) in [5.41, 5.74) is 1.42. The molecule has 96 valence electrons. The molecule has 2 aromatic heterocycles. The molecule has 3 aromatic rings. The Morgan fingerprint density at radius 3 is 2.79 bits per heavy atom. The Morgan fingerprint density at radius 1 is 1.16 bits per heavy atom. The van der Waals surface area contributed by atoms with Crippen LogP contribution < -0.4 is 5.32 Å². The number of anilines is 2. The van der Waals surface area contributed by atoms with Gasteiger partial charge in [0.05, 0.1) is 11.9 Å². The number of fused-ring (bicyclic) bond motifs is 1. The van der Waals surface area contributed by atoms with Gasteiger partial charge in [-0.05, 0) is 18.2 Å². The van der Waals surface area contributed by atoms with Gasteiger partial charge in [0.25, 0.3) is 0 Å². The van der Waals surface area contributed by atoms with Gasteiger partial charge in [-0.1, -0.05) is 11.6 Å². The van der Waals surface area contributed by atoms with Crippen LogP contribution in [0.1, 0.15) is 0 Å². The summed E-state index contributed by atoms with van der Waals surface area (Å²) in [5, 5.41) is 10.4. The molecule has 0 bridgehead atoms. The summed E-state index contributed by atoms with van der Waals surface area (Å²) in [5.74, 6) is -1.83. The molecule has 0 aliphatic carbocycles. The highest BCUT2D eigenvalue weighted by Gasteiger charge is 2.08. The van der Waals surface area contributed by atoms with Crippen LogP contribution in [0.3, 0.4) is 0 Å². The van der Waals surface area contributed by atoms with Crippen LogP contribution in [0, 0.1) is 11.6 Å². The average molecular weight is 281 g/mol. The zero-order valence-corrected chi connectivity index (χ0v) is 10.2. The van der Waals surface area contributed by atoms with Gasteiger partial charge in [-0.15, -0.1) is 0 Å². The smallest absolute Gasteiger partial charge is 0.160 e. The fourth-order valence-corrected chi connectivity index (χ4v) is 1.86.